The molecule has 0 spiro atoms. The Morgan fingerprint density at radius 1 is 1.04 bits per heavy atom. The Labute approximate surface area is 270 Å². The number of hydrogen-bond acceptors (Lipinski definition) is 9. The maximum absolute atomic E-state index is 14.0. The third kappa shape index (κ3) is 7.25. The van der Waals surface area contributed by atoms with Crippen LogP contribution in [0.1, 0.15) is 46.7 Å². The first-order valence-corrected chi connectivity index (χ1v) is 14.9. The van der Waals surface area contributed by atoms with E-state index in [0.717, 1.165) is 23.1 Å². The number of methoxy groups -OCH3 is 1. The van der Waals surface area contributed by atoms with Crippen molar-refractivity contribution in [3.63, 3.8) is 0 Å². The highest BCUT2D eigenvalue weighted by Gasteiger charge is 2.30. The molecule has 13 heteroatoms. The number of para-hydroxylation sites is 1. The lowest BCUT2D eigenvalue weighted by Gasteiger charge is -2.21. The summed E-state index contributed by atoms with van der Waals surface area (Å²) in [5.41, 5.74) is 2.96. The summed E-state index contributed by atoms with van der Waals surface area (Å²) in [5.74, 6) is -0.689. The summed E-state index contributed by atoms with van der Waals surface area (Å²) >= 11 is 0. The molecule has 244 valence electrons. The number of carboxylic acid groups (broad SMARTS) is 1. The monoisotopic (exact) mass is 640 g/mol. The van der Waals surface area contributed by atoms with Gasteiger partial charge in [-0.2, -0.15) is 5.10 Å². The first-order valence-electron chi connectivity index (χ1n) is 14.9. The molecular weight excluding hydrogens is 604 g/mol. The second-order valence-corrected chi connectivity index (χ2v) is 10.9. The topological polar surface area (TPSA) is 159 Å². The van der Waals surface area contributed by atoms with Crippen LogP contribution in [0.5, 0.6) is 11.5 Å². The standard InChI is InChI=1S/C34H36N6O7/c1-6-29(47-27-13-11-20(2)15-21(27)3)46-19-35-23-12-14-28(45-5)26(16-23)38-32(41)30(40-18-22(17-36-40)34(43)44)31-37-25-10-8-7-9-24(25)33(42)39(31)4/h7-18,29-30,35H,6,19H2,1-5H3,(H,38,41)(H,43,44). The summed E-state index contributed by atoms with van der Waals surface area (Å²) in [6.45, 7) is 6.08. The molecule has 5 aromatic rings. The normalized spacial score (nSPS) is 12.4. The molecule has 0 saturated carbocycles. The van der Waals surface area contributed by atoms with Crippen LogP contribution < -0.4 is 25.7 Å². The van der Waals surface area contributed by atoms with Gasteiger partial charge in [-0.3, -0.25) is 18.8 Å². The maximum Gasteiger partial charge on any atom is 0.338 e. The van der Waals surface area contributed by atoms with E-state index in [1.165, 1.54) is 29.6 Å². The number of rotatable bonds is 13. The van der Waals surface area contributed by atoms with Gasteiger partial charge in [-0.1, -0.05) is 36.8 Å². The lowest BCUT2D eigenvalue weighted by molar-refractivity contribution is -0.118. The molecule has 2 aromatic heterocycles. The molecule has 2 atom stereocenters. The molecule has 0 fully saturated rings. The van der Waals surface area contributed by atoms with Gasteiger partial charge in [0.2, 0.25) is 6.29 Å². The number of carbonyl (C=O) groups excluding carboxylic acids is 1. The summed E-state index contributed by atoms with van der Waals surface area (Å²) in [7, 11) is 2.97. The molecular formula is C34H36N6O7. The molecule has 2 unspecified atom stereocenters. The fourth-order valence-electron chi connectivity index (χ4n) is 5.07. The molecule has 47 heavy (non-hydrogen) atoms. The fraction of sp³-hybridized carbons (Fsp3) is 0.265. The van der Waals surface area contributed by atoms with Crippen molar-refractivity contribution in [3.05, 3.63) is 106 Å². The molecule has 0 radical (unpaired) electrons. The van der Waals surface area contributed by atoms with Crippen LogP contribution in [0, 0.1) is 13.8 Å². The molecule has 5 rings (SSSR count). The van der Waals surface area contributed by atoms with Gasteiger partial charge in [0.15, 0.2) is 6.04 Å². The number of aromatic carboxylic acids is 1. The van der Waals surface area contributed by atoms with Crippen LogP contribution in [0.15, 0.2) is 77.9 Å². The summed E-state index contributed by atoms with van der Waals surface area (Å²) < 4.78 is 19.9. The Balaban J connectivity index is 1.39. The molecule has 1 amide bonds. The molecule has 0 saturated heterocycles. The minimum atomic E-state index is -1.32. The van der Waals surface area contributed by atoms with Gasteiger partial charge in [0.1, 0.15) is 24.1 Å². The van der Waals surface area contributed by atoms with E-state index in [1.807, 2.05) is 39.0 Å². The van der Waals surface area contributed by atoms with Gasteiger partial charge in [0.25, 0.3) is 11.5 Å². The number of hydrogen-bond donors (Lipinski definition) is 3. The van der Waals surface area contributed by atoms with Crippen molar-refractivity contribution in [2.45, 2.75) is 39.5 Å². The first-order chi connectivity index (χ1) is 22.6. The molecule has 2 heterocycles. The van der Waals surface area contributed by atoms with Crippen LogP contribution in [0.25, 0.3) is 10.9 Å². The number of anilines is 2. The van der Waals surface area contributed by atoms with Crippen molar-refractivity contribution in [1.29, 1.82) is 0 Å². The number of amides is 1. The molecule has 0 bridgehead atoms. The number of benzene rings is 3. The number of aryl methyl sites for hydroxylation is 2. The van der Waals surface area contributed by atoms with E-state index in [-0.39, 0.29) is 23.7 Å². The van der Waals surface area contributed by atoms with Gasteiger partial charge in [0, 0.05) is 25.4 Å². The molecule has 3 aromatic carbocycles. The van der Waals surface area contributed by atoms with Crippen molar-refractivity contribution in [1.82, 2.24) is 19.3 Å². The Kier molecular flexibility index (Phi) is 9.85. The van der Waals surface area contributed by atoms with Crippen LogP contribution >= 0.6 is 0 Å². The average molecular weight is 641 g/mol. The molecule has 0 aliphatic heterocycles. The van der Waals surface area contributed by atoms with Crippen LogP contribution in [0.4, 0.5) is 11.4 Å². The quantitative estimate of drug-likeness (QED) is 0.151. The van der Waals surface area contributed by atoms with Crippen molar-refractivity contribution >= 4 is 34.2 Å². The van der Waals surface area contributed by atoms with E-state index in [2.05, 4.69) is 20.7 Å². The van der Waals surface area contributed by atoms with Crippen molar-refractivity contribution in [3.8, 4) is 11.5 Å². The number of carboxylic acids is 1. The second-order valence-electron chi connectivity index (χ2n) is 10.9. The van der Waals surface area contributed by atoms with Gasteiger partial charge in [-0.25, -0.2) is 9.78 Å². The van der Waals surface area contributed by atoms with Crippen molar-refractivity contribution in [2.75, 3.05) is 24.5 Å². The first kappa shape index (κ1) is 32.7. The number of aromatic nitrogens is 4. The highest BCUT2D eigenvalue weighted by Crippen LogP contribution is 2.30. The van der Waals surface area contributed by atoms with E-state index < -0.39 is 24.2 Å². The molecule has 0 aliphatic rings. The number of fused-ring (bicyclic) bond motifs is 1. The minimum Gasteiger partial charge on any atom is -0.495 e. The van der Waals surface area contributed by atoms with Gasteiger partial charge in [-0.05, 0) is 55.8 Å². The predicted molar refractivity (Wildman–Crippen MR) is 176 cm³/mol. The van der Waals surface area contributed by atoms with E-state index in [0.29, 0.717) is 34.4 Å². The van der Waals surface area contributed by atoms with Crippen LogP contribution in [-0.4, -0.2) is 56.4 Å². The number of ether oxygens (including phenoxy) is 3. The third-order valence-corrected chi connectivity index (χ3v) is 7.55. The number of carbonyl (C=O) groups is 2. The van der Waals surface area contributed by atoms with Crippen molar-refractivity contribution in [2.24, 2.45) is 7.05 Å². The van der Waals surface area contributed by atoms with E-state index >= 15 is 0 Å². The highest BCUT2D eigenvalue weighted by atomic mass is 16.7. The fourth-order valence-corrected chi connectivity index (χ4v) is 5.07. The second kappa shape index (κ2) is 14.2. The van der Waals surface area contributed by atoms with E-state index in [9.17, 15) is 19.5 Å². The highest BCUT2D eigenvalue weighted by molar-refractivity contribution is 5.97. The van der Waals surface area contributed by atoms with E-state index in [4.69, 9.17) is 14.2 Å². The molecule has 13 nitrogen and oxygen atoms in total. The zero-order valence-electron chi connectivity index (χ0n) is 26.7. The number of nitrogens with zero attached hydrogens (tertiary/aromatic N) is 4. The van der Waals surface area contributed by atoms with Gasteiger partial charge in [-0.15, -0.1) is 0 Å². The zero-order chi connectivity index (χ0) is 33.7. The van der Waals surface area contributed by atoms with Gasteiger partial charge < -0.3 is 30.0 Å². The Morgan fingerprint density at radius 3 is 2.51 bits per heavy atom. The Morgan fingerprint density at radius 2 is 1.81 bits per heavy atom. The zero-order valence-corrected chi connectivity index (χ0v) is 26.7. The predicted octanol–water partition coefficient (Wildman–Crippen LogP) is 4.88. The maximum atomic E-state index is 14.0. The van der Waals surface area contributed by atoms with Crippen LogP contribution in [0.2, 0.25) is 0 Å². The Hall–Kier alpha value is -5.69. The summed E-state index contributed by atoms with van der Waals surface area (Å²) in [6, 6.07) is 16.5. The van der Waals surface area contributed by atoms with Gasteiger partial charge in [0.05, 0.1) is 35.5 Å². The Bertz CT molecular complexity index is 1990. The third-order valence-electron chi connectivity index (χ3n) is 7.55. The largest absolute Gasteiger partial charge is 0.495 e. The molecule has 3 N–H and O–H groups in total. The summed E-state index contributed by atoms with van der Waals surface area (Å²) in [6.07, 6.45) is 2.46. The van der Waals surface area contributed by atoms with E-state index in [1.54, 1.807) is 42.5 Å². The van der Waals surface area contributed by atoms with Crippen molar-refractivity contribution < 1.29 is 28.9 Å². The lowest BCUT2D eigenvalue weighted by atomic mass is 10.1. The minimum absolute atomic E-state index is 0.0577. The van der Waals surface area contributed by atoms with Crippen LogP contribution in [-0.2, 0) is 16.6 Å². The number of nitrogens with one attached hydrogen (secondary N) is 2. The SMILES string of the molecule is CCC(OCNc1ccc(OC)c(NC(=O)C(c2nc3ccccc3c(=O)n2C)n2cc(C(=O)O)cn2)c1)Oc1ccc(C)cc1C. The summed E-state index contributed by atoms with van der Waals surface area (Å²) in [4.78, 5) is 43.6. The van der Waals surface area contributed by atoms with Gasteiger partial charge >= 0.3 is 5.97 Å². The van der Waals surface area contributed by atoms with Crippen LogP contribution in [0.3, 0.4) is 0 Å². The molecule has 0 aliphatic carbocycles. The lowest BCUT2D eigenvalue weighted by Crippen LogP contribution is -2.34. The average Bonchev–Trinajstić information content (AvgIpc) is 3.54. The summed E-state index contributed by atoms with van der Waals surface area (Å²) in [5, 5.41) is 20.1. The smallest absolute Gasteiger partial charge is 0.338 e.